The zero-order chi connectivity index (χ0) is 18.0. The summed E-state index contributed by atoms with van der Waals surface area (Å²) in [7, 11) is -1.90. The molecule has 0 aliphatic heterocycles. The number of hydrogen-bond donors (Lipinski definition) is 1. The molecule has 0 bridgehead atoms. The summed E-state index contributed by atoms with van der Waals surface area (Å²) in [6, 6.07) is 6.90. The molecule has 0 aromatic heterocycles. The van der Waals surface area contributed by atoms with Gasteiger partial charge >= 0.3 is 19.7 Å². The van der Waals surface area contributed by atoms with Crippen LogP contribution in [0.15, 0.2) is 48.5 Å². The van der Waals surface area contributed by atoms with Crippen LogP contribution >= 0.6 is 0 Å². The molecule has 0 amide bonds. The predicted molar refractivity (Wildman–Crippen MR) is 72.1 cm³/mol. The van der Waals surface area contributed by atoms with Crippen LogP contribution in [0, 0.1) is 0 Å². The molecule has 0 aliphatic rings. The SMILES string of the molecule is OB(Oc1ccc(C(F)(F)F)cc1)Oc1ccc(C(F)(F)F)cc1. The van der Waals surface area contributed by atoms with Gasteiger partial charge in [-0.15, -0.1) is 0 Å². The van der Waals surface area contributed by atoms with E-state index in [4.69, 9.17) is 9.31 Å². The Kier molecular flexibility index (Phi) is 4.98. The summed E-state index contributed by atoms with van der Waals surface area (Å²) < 4.78 is 84.0. The molecule has 0 unspecified atom stereocenters. The predicted octanol–water partition coefficient (Wildman–Crippen LogP) is 4.16. The van der Waals surface area contributed by atoms with E-state index in [0.717, 1.165) is 48.5 Å². The van der Waals surface area contributed by atoms with Crippen molar-refractivity contribution in [3.8, 4) is 11.5 Å². The van der Waals surface area contributed by atoms with Crippen LogP contribution in [0.4, 0.5) is 26.3 Å². The van der Waals surface area contributed by atoms with Gasteiger partial charge in [0.05, 0.1) is 11.1 Å². The Hall–Kier alpha value is -2.36. The number of rotatable bonds is 4. The molecule has 128 valence electrons. The van der Waals surface area contributed by atoms with E-state index >= 15 is 0 Å². The summed E-state index contributed by atoms with van der Waals surface area (Å²) in [5.41, 5.74) is -1.79. The molecular formula is C14H9BF6O3. The fraction of sp³-hybridized carbons (Fsp3) is 0.143. The quantitative estimate of drug-likeness (QED) is 0.665. The van der Waals surface area contributed by atoms with Crippen LogP contribution in [0.5, 0.6) is 11.5 Å². The highest BCUT2D eigenvalue weighted by Crippen LogP contribution is 2.31. The third-order valence-corrected chi connectivity index (χ3v) is 2.84. The molecule has 2 rings (SSSR count). The van der Waals surface area contributed by atoms with Crippen molar-refractivity contribution in [2.24, 2.45) is 0 Å². The van der Waals surface area contributed by atoms with Gasteiger partial charge in [0.25, 0.3) is 0 Å². The van der Waals surface area contributed by atoms with Crippen LogP contribution < -0.4 is 9.31 Å². The van der Waals surface area contributed by atoms with Crippen molar-refractivity contribution >= 4 is 7.32 Å². The van der Waals surface area contributed by atoms with Crippen molar-refractivity contribution in [2.45, 2.75) is 12.4 Å². The highest BCUT2D eigenvalue weighted by atomic mass is 19.4. The molecular weight excluding hydrogens is 341 g/mol. The molecule has 0 atom stereocenters. The number of alkyl halides is 6. The lowest BCUT2D eigenvalue weighted by molar-refractivity contribution is -0.138. The summed E-state index contributed by atoms with van der Waals surface area (Å²) in [6.45, 7) is 0. The van der Waals surface area contributed by atoms with Crippen LogP contribution in [0.25, 0.3) is 0 Å². The van der Waals surface area contributed by atoms with Crippen molar-refractivity contribution in [3.05, 3.63) is 59.7 Å². The van der Waals surface area contributed by atoms with Crippen LogP contribution in [0.3, 0.4) is 0 Å². The van der Waals surface area contributed by atoms with Crippen molar-refractivity contribution in [3.63, 3.8) is 0 Å². The Balaban J connectivity index is 1.97. The van der Waals surface area contributed by atoms with Gasteiger partial charge in [-0.3, -0.25) is 0 Å². The van der Waals surface area contributed by atoms with Crippen LogP contribution in [-0.2, 0) is 12.4 Å². The standard InChI is InChI=1S/C14H9BF6O3/c16-13(17,18)9-1-5-11(6-2-9)23-15(22)24-12-7-3-10(4-8-12)14(19,20)21/h1-8,22H. The van der Waals surface area contributed by atoms with Crippen LogP contribution in [-0.4, -0.2) is 12.3 Å². The largest absolute Gasteiger partial charge is 0.785 e. The van der Waals surface area contributed by atoms with Crippen molar-refractivity contribution in [2.75, 3.05) is 0 Å². The van der Waals surface area contributed by atoms with Crippen molar-refractivity contribution < 1.29 is 40.7 Å². The lowest BCUT2D eigenvalue weighted by atomic mass is 10.1. The van der Waals surface area contributed by atoms with E-state index in [1.165, 1.54) is 0 Å². The molecule has 2 aromatic rings. The Morgan fingerprint density at radius 2 is 0.917 bits per heavy atom. The van der Waals surface area contributed by atoms with E-state index in [-0.39, 0.29) is 11.5 Å². The smallest absolute Gasteiger partial charge is 0.501 e. The maximum Gasteiger partial charge on any atom is 0.785 e. The summed E-state index contributed by atoms with van der Waals surface area (Å²) in [5, 5.41) is 9.53. The lowest BCUT2D eigenvalue weighted by Gasteiger charge is -2.13. The van der Waals surface area contributed by atoms with Gasteiger partial charge < -0.3 is 14.3 Å². The second kappa shape index (κ2) is 6.64. The van der Waals surface area contributed by atoms with Crippen molar-refractivity contribution in [1.29, 1.82) is 0 Å². The van der Waals surface area contributed by atoms with Crippen molar-refractivity contribution in [1.82, 2.24) is 0 Å². The molecule has 0 spiro atoms. The second-order valence-electron chi connectivity index (χ2n) is 4.59. The normalized spacial score (nSPS) is 12.0. The molecule has 0 radical (unpaired) electrons. The van der Waals surface area contributed by atoms with Crippen LogP contribution in [0.2, 0.25) is 0 Å². The van der Waals surface area contributed by atoms with E-state index in [2.05, 4.69) is 0 Å². The number of hydrogen-bond acceptors (Lipinski definition) is 3. The highest BCUT2D eigenvalue weighted by molar-refractivity contribution is 6.36. The minimum atomic E-state index is -4.51. The van der Waals surface area contributed by atoms with Gasteiger partial charge in [0, 0.05) is 0 Å². The van der Waals surface area contributed by atoms with E-state index < -0.39 is 30.8 Å². The second-order valence-corrected chi connectivity index (χ2v) is 4.59. The molecule has 2 aromatic carbocycles. The van der Waals surface area contributed by atoms with Gasteiger partial charge in [-0.2, -0.15) is 26.3 Å². The van der Waals surface area contributed by atoms with Gasteiger partial charge in [0.2, 0.25) is 0 Å². The van der Waals surface area contributed by atoms with Gasteiger partial charge in [-0.1, -0.05) is 0 Å². The molecule has 0 aliphatic carbocycles. The average Bonchev–Trinajstić information content (AvgIpc) is 2.46. The summed E-state index contributed by atoms with van der Waals surface area (Å²) in [5.74, 6) is -0.218. The van der Waals surface area contributed by atoms with Gasteiger partial charge in [-0.25, -0.2) is 0 Å². The average molecular weight is 350 g/mol. The molecule has 0 heterocycles. The fourth-order valence-electron chi connectivity index (χ4n) is 1.70. The molecule has 0 fully saturated rings. The van der Waals surface area contributed by atoms with Gasteiger partial charge in [0.1, 0.15) is 11.5 Å². The van der Waals surface area contributed by atoms with Gasteiger partial charge in [-0.05, 0) is 48.5 Å². The van der Waals surface area contributed by atoms with E-state index in [0.29, 0.717) is 0 Å². The Labute approximate surface area is 132 Å². The molecule has 10 heteroatoms. The Bertz CT molecular complexity index is 607. The maximum atomic E-state index is 12.4. The zero-order valence-electron chi connectivity index (χ0n) is 11.7. The molecule has 3 nitrogen and oxygen atoms in total. The van der Waals surface area contributed by atoms with E-state index in [1.54, 1.807) is 0 Å². The third-order valence-electron chi connectivity index (χ3n) is 2.84. The Morgan fingerprint density at radius 3 is 1.17 bits per heavy atom. The topological polar surface area (TPSA) is 38.7 Å². The lowest BCUT2D eigenvalue weighted by Crippen LogP contribution is -2.29. The maximum absolute atomic E-state index is 12.4. The minimum absolute atomic E-state index is 0.109. The monoisotopic (exact) mass is 350 g/mol. The first-order chi connectivity index (χ1) is 11.1. The zero-order valence-corrected chi connectivity index (χ0v) is 11.7. The molecule has 1 N–H and O–H groups in total. The first kappa shape index (κ1) is 18.0. The molecule has 0 saturated heterocycles. The van der Waals surface area contributed by atoms with Crippen LogP contribution in [0.1, 0.15) is 11.1 Å². The number of halogens is 6. The van der Waals surface area contributed by atoms with E-state index in [9.17, 15) is 31.4 Å². The summed E-state index contributed by atoms with van der Waals surface area (Å²) >= 11 is 0. The molecule has 24 heavy (non-hydrogen) atoms. The Morgan fingerprint density at radius 1 is 0.625 bits per heavy atom. The highest BCUT2D eigenvalue weighted by Gasteiger charge is 2.31. The third kappa shape index (κ3) is 4.82. The first-order valence-corrected chi connectivity index (χ1v) is 6.41. The van der Waals surface area contributed by atoms with Gasteiger partial charge in [0.15, 0.2) is 0 Å². The summed E-state index contributed by atoms with van der Waals surface area (Å²) in [6.07, 6.45) is -9.01. The van der Waals surface area contributed by atoms with E-state index in [1.807, 2.05) is 0 Å². The summed E-state index contributed by atoms with van der Waals surface area (Å²) in [4.78, 5) is 0. The minimum Gasteiger partial charge on any atom is -0.501 e. The first-order valence-electron chi connectivity index (χ1n) is 6.41. The fourth-order valence-corrected chi connectivity index (χ4v) is 1.70. The number of benzene rings is 2. The molecule has 0 saturated carbocycles.